The molecule has 7 heteroatoms. The summed E-state index contributed by atoms with van der Waals surface area (Å²) in [5.41, 5.74) is 2.09. The van der Waals surface area contributed by atoms with E-state index in [9.17, 15) is 0 Å². The van der Waals surface area contributed by atoms with Crippen LogP contribution in [0.15, 0.2) is 43.4 Å². The van der Waals surface area contributed by atoms with Gasteiger partial charge in [0.1, 0.15) is 18.5 Å². The molecule has 3 rings (SSSR count). The summed E-state index contributed by atoms with van der Waals surface area (Å²) >= 11 is 0. The molecule has 3 heterocycles. The topological polar surface area (TPSA) is 81.4 Å². The zero-order chi connectivity index (χ0) is 13.8. The Morgan fingerprint density at radius 2 is 2.10 bits per heavy atom. The number of rotatable bonds is 4. The van der Waals surface area contributed by atoms with E-state index in [1.807, 2.05) is 25.3 Å². The Morgan fingerprint density at radius 3 is 2.85 bits per heavy atom. The summed E-state index contributed by atoms with van der Waals surface area (Å²) in [4.78, 5) is 16.7. The first-order valence-corrected chi connectivity index (χ1v) is 6.14. The summed E-state index contributed by atoms with van der Waals surface area (Å²) in [7, 11) is 0. The molecular formula is C13H13N7. The third-order valence-electron chi connectivity index (χ3n) is 2.72. The lowest BCUT2D eigenvalue weighted by atomic mass is 10.2. The number of aromatic nitrogens is 6. The highest BCUT2D eigenvalue weighted by Crippen LogP contribution is 2.07. The van der Waals surface area contributed by atoms with Gasteiger partial charge in [0.2, 0.25) is 0 Å². The van der Waals surface area contributed by atoms with Crippen LogP contribution >= 0.6 is 0 Å². The van der Waals surface area contributed by atoms with Crippen molar-refractivity contribution in [3.05, 3.63) is 54.6 Å². The number of hydrogen-bond acceptors (Lipinski definition) is 6. The summed E-state index contributed by atoms with van der Waals surface area (Å²) in [6.45, 7) is 2.60. The van der Waals surface area contributed by atoms with E-state index in [1.165, 1.54) is 6.33 Å². The van der Waals surface area contributed by atoms with Crippen LogP contribution < -0.4 is 5.32 Å². The van der Waals surface area contributed by atoms with Gasteiger partial charge < -0.3 is 5.32 Å². The summed E-state index contributed by atoms with van der Waals surface area (Å²) in [5.74, 6) is 1.30. The van der Waals surface area contributed by atoms with Crippen molar-refractivity contribution < 1.29 is 0 Å². The molecule has 7 nitrogen and oxygen atoms in total. The van der Waals surface area contributed by atoms with E-state index in [4.69, 9.17) is 0 Å². The number of hydrogen-bond donors (Lipinski definition) is 1. The molecule has 0 aliphatic heterocycles. The van der Waals surface area contributed by atoms with Crippen molar-refractivity contribution in [1.82, 2.24) is 29.7 Å². The molecule has 0 aliphatic rings. The number of nitrogens with one attached hydrogen (secondary N) is 1. The molecule has 20 heavy (non-hydrogen) atoms. The highest BCUT2D eigenvalue weighted by Gasteiger charge is 2.02. The molecule has 0 aromatic carbocycles. The molecule has 0 atom stereocenters. The van der Waals surface area contributed by atoms with E-state index >= 15 is 0 Å². The lowest BCUT2D eigenvalue weighted by Crippen LogP contribution is -2.05. The molecule has 3 aromatic heterocycles. The molecule has 0 aliphatic carbocycles. The monoisotopic (exact) mass is 267 g/mol. The lowest BCUT2D eigenvalue weighted by Gasteiger charge is -2.06. The van der Waals surface area contributed by atoms with Gasteiger partial charge in [-0.25, -0.2) is 14.6 Å². The lowest BCUT2D eigenvalue weighted by molar-refractivity contribution is 0.835. The van der Waals surface area contributed by atoms with Crippen molar-refractivity contribution in [3.8, 4) is 5.82 Å². The molecular weight excluding hydrogens is 254 g/mol. The Balaban J connectivity index is 1.72. The molecule has 3 aromatic rings. The molecule has 0 bridgehead atoms. The van der Waals surface area contributed by atoms with Crippen molar-refractivity contribution in [2.75, 3.05) is 5.32 Å². The SMILES string of the molecule is Cc1ccc(CNc2cncc(-n3cncn3)n2)cn1. The van der Waals surface area contributed by atoms with E-state index in [0.717, 1.165) is 11.3 Å². The fourth-order valence-corrected chi connectivity index (χ4v) is 1.67. The van der Waals surface area contributed by atoms with Crippen molar-refractivity contribution in [3.63, 3.8) is 0 Å². The Hall–Kier alpha value is -2.83. The second kappa shape index (κ2) is 5.43. The summed E-state index contributed by atoms with van der Waals surface area (Å²) in [6, 6.07) is 4.01. The maximum absolute atomic E-state index is 4.41. The number of anilines is 1. The van der Waals surface area contributed by atoms with Gasteiger partial charge in [0.15, 0.2) is 5.82 Å². The van der Waals surface area contributed by atoms with Gasteiger partial charge in [0, 0.05) is 18.4 Å². The van der Waals surface area contributed by atoms with Crippen molar-refractivity contribution in [2.45, 2.75) is 13.5 Å². The quantitative estimate of drug-likeness (QED) is 0.769. The van der Waals surface area contributed by atoms with Crippen LogP contribution in [-0.2, 0) is 6.54 Å². The van der Waals surface area contributed by atoms with Crippen LogP contribution in [0.5, 0.6) is 0 Å². The Bertz CT molecular complexity index is 676. The van der Waals surface area contributed by atoms with Gasteiger partial charge in [0.05, 0.1) is 12.4 Å². The minimum atomic E-state index is 0.620. The van der Waals surface area contributed by atoms with Crippen LogP contribution in [0.4, 0.5) is 5.82 Å². The van der Waals surface area contributed by atoms with Crippen LogP contribution in [0.3, 0.4) is 0 Å². The van der Waals surface area contributed by atoms with Crippen LogP contribution in [-0.4, -0.2) is 29.7 Å². The summed E-state index contributed by atoms with van der Waals surface area (Å²) < 4.78 is 1.56. The van der Waals surface area contributed by atoms with Crippen molar-refractivity contribution in [1.29, 1.82) is 0 Å². The highest BCUT2D eigenvalue weighted by atomic mass is 15.3. The minimum Gasteiger partial charge on any atom is -0.365 e. The largest absolute Gasteiger partial charge is 0.365 e. The van der Waals surface area contributed by atoms with E-state index in [-0.39, 0.29) is 0 Å². The normalized spacial score (nSPS) is 10.4. The smallest absolute Gasteiger partial charge is 0.175 e. The molecule has 0 unspecified atom stereocenters. The summed E-state index contributed by atoms with van der Waals surface area (Å²) in [5, 5.41) is 7.23. The first kappa shape index (κ1) is 12.2. The zero-order valence-corrected chi connectivity index (χ0v) is 10.9. The number of nitrogens with zero attached hydrogens (tertiary/aromatic N) is 6. The molecule has 0 saturated carbocycles. The Morgan fingerprint density at radius 1 is 1.15 bits per heavy atom. The van der Waals surface area contributed by atoms with Gasteiger partial charge in [-0.15, -0.1) is 0 Å². The van der Waals surface area contributed by atoms with Gasteiger partial charge in [0.25, 0.3) is 0 Å². The van der Waals surface area contributed by atoms with Crippen molar-refractivity contribution in [2.24, 2.45) is 0 Å². The number of pyridine rings is 1. The van der Waals surface area contributed by atoms with Crippen LogP contribution in [0.1, 0.15) is 11.3 Å². The van der Waals surface area contributed by atoms with Gasteiger partial charge in [-0.05, 0) is 18.6 Å². The third-order valence-corrected chi connectivity index (χ3v) is 2.72. The Labute approximate surface area is 115 Å². The molecule has 0 amide bonds. The van der Waals surface area contributed by atoms with Crippen LogP contribution in [0.2, 0.25) is 0 Å². The first-order chi connectivity index (χ1) is 9.81. The minimum absolute atomic E-state index is 0.620. The molecule has 0 fully saturated rings. The van der Waals surface area contributed by atoms with E-state index in [1.54, 1.807) is 23.4 Å². The van der Waals surface area contributed by atoms with Gasteiger partial charge >= 0.3 is 0 Å². The van der Waals surface area contributed by atoms with Crippen LogP contribution in [0.25, 0.3) is 5.82 Å². The molecule has 0 spiro atoms. The molecule has 0 radical (unpaired) electrons. The van der Waals surface area contributed by atoms with E-state index < -0.39 is 0 Å². The van der Waals surface area contributed by atoms with Gasteiger partial charge in [-0.1, -0.05) is 6.07 Å². The van der Waals surface area contributed by atoms with Crippen molar-refractivity contribution >= 4 is 5.82 Å². The predicted octanol–water partition coefficient (Wildman–Crippen LogP) is 1.37. The average Bonchev–Trinajstić information content (AvgIpc) is 3.01. The van der Waals surface area contributed by atoms with Gasteiger partial charge in [-0.3, -0.25) is 9.97 Å². The Kier molecular flexibility index (Phi) is 3.32. The average molecular weight is 267 g/mol. The molecule has 1 N–H and O–H groups in total. The zero-order valence-electron chi connectivity index (χ0n) is 10.9. The van der Waals surface area contributed by atoms with E-state index in [2.05, 4.69) is 30.4 Å². The fourth-order valence-electron chi connectivity index (χ4n) is 1.67. The second-order valence-electron chi connectivity index (χ2n) is 4.26. The van der Waals surface area contributed by atoms with Gasteiger partial charge in [-0.2, -0.15) is 5.10 Å². The standard InChI is InChI=1S/C13H13N7/c1-10-2-3-11(4-16-10)5-17-12-6-14-7-13(19-12)20-9-15-8-18-20/h2-4,6-9H,5H2,1H3,(H,17,19). The summed E-state index contributed by atoms with van der Waals surface area (Å²) in [6.07, 6.45) is 8.18. The predicted molar refractivity (Wildman–Crippen MR) is 73.2 cm³/mol. The molecule has 100 valence electrons. The van der Waals surface area contributed by atoms with E-state index in [0.29, 0.717) is 18.2 Å². The third kappa shape index (κ3) is 2.77. The second-order valence-corrected chi connectivity index (χ2v) is 4.26. The first-order valence-electron chi connectivity index (χ1n) is 6.14. The van der Waals surface area contributed by atoms with Crippen LogP contribution in [0, 0.1) is 6.92 Å². The maximum Gasteiger partial charge on any atom is 0.175 e. The molecule has 0 saturated heterocycles. The maximum atomic E-state index is 4.41. The number of aryl methyl sites for hydroxylation is 1. The highest BCUT2D eigenvalue weighted by molar-refractivity contribution is 5.36. The fraction of sp³-hybridized carbons (Fsp3) is 0.154.